The monoisotopic (exact) mass is 571 g/mol. The van der Waals surface area contributed by atoms with Crippen LogP contribution < -0.4 is 20.1 Å². The molecule has 0 aromatic heterocycles. The Morgan fingerprint density at radius 1 is 0.952 bits per heavy atom. The van der Waals surface area contributed by atoms with Crippen molar-refractivity contribution >= 4 is 29.2 Å². The number of ether oxygens (including phenoxy) is 2. The van der Waals surface area contributed by atoms with Crippen LogP contribution in [0.4, 0.5) is 16.2 Å². The Bertz CT molecular complexity index is 1440. The van der Waals surface area contributed by atoms with Crippen LogP contribution in [-0.4, -0.2) is 53.7 Å². The molecule has 0 bridgehead atoms. The van der Waals surface area contributed by atoms with Crippen LogP contribution in [0.5, 0.6) is 11.5 Å². The molecule has 3 aromatic carbocycles. The van der Waals surface area contributed by atoms with Crippen molar-refractivity contribution in [2.75, 3.05) is 24.3 Å². The molecule has 2 aliphatic rings. The number of urea groups is 1. The molecule has 0 radical (unpaired) electrons. The van der Waals surface area contributed by atoms with Crippen molar-refractivity contribution in [1.82, 2.24) is 4.90 Å². The highest BCUT2D eigenvalue weighted by molar-refractivity contribution is 6.01. The summed E-state index contributed by atoms with van der Waals surface area (Å²) < 4.78 is 11.9. The van der Waals surface area contributed by atoms with Crippen LogP contribution in [0.3, 0.4) is 0 Å². The molecule has 3 atom stereocenters. The molecule has 1 saturated carbocycles. The van der Waals surface area contributed by atoms with Gasteiger partial charge in [-0.05, 0) is 85.7 Å². The fourth-order valence-corrected chi connectivity index (χ4v) is 6.08. The van der Waals surface area contributed by atoms with Gasteiger partial charge in [0, 0.05) is 24.7 Å². The van der Waals surface area contributed by atoms with Crippen molar-refractivity contribution in [3.8, 4) is 11.5 Å². The van der Waals surface area contributed by atoms with E-state index in [1.54, 1.807) is 30.3 Å². The molecule has 3 aromatic rings. The largest absolute Gasteiger partial charge is 0.495 e. The van der Waals surface area contributed by atoms with E-state index < -0.39 is 18.2 Å². The Kier molecular flexibility index (Phi) is 9.07. The first-order valence-corrected chi connectivity index (χ1v) is 14.4. The minimum atomic E-state index is -1.02. The molecule has 42 heavy (non-hydrogen) atoms. The van der Waals surface area contributed by atoms with E-state index in [4.69, 9.17) is 9.47 Å². The lowest BCUT2D eigenvalue weighted by atomic mass is 9.85. The van der Waals surface area contributed by atoms with E-state index in [0.29, 0.717) is 34.8 Å². The summed E-state index contributed by atoms with van der Waals surface area (Å²) in [4.78, 5) is 40.0. The number of nitrogens with zero attached hydrogens (tertiary/aromatic N) is 1. The van der Waals surface area contributed by atoms with Gasteiger partial charge in [-0.15, -0.1) is 0 Å². The third kappa shape index (κ3) is 6.74. The Hall–Kier alpha value is -4.37. The number of carbonyl (C=O) groups excluding carboxylic acids is 2. The number of rotatable bonds is 10. The zero-order valence-corrected chi connectivity index (χ0v) is 24.0. The van der Waals surface area contributed by atoms with Crippen molar-refractivity contribution in [1.29, 1.82) is 0 Å². The molecule has 9 heteroatoms. The number of benzene rings is 3. The molecule has 0 spiro atoms. The van der Waals surface area contributed by atoms with E-state index in [1.165, 1.54) is 32.1 Å². The number of anilines is 2. The molecular weight excluding hydrogens is 534 g/mol. The van der Waals surface area contributed by atoms with E-state index in [1.807, 2.05) is 31.2 Å². The summed E-state index contributed by atoms with van der Waals surface area (Å²) in [7, 11) is 1.52. The fourth-order valence-electron chi connectivity index (χ4n) is 6.08. The van der Waals surface area contributed by atoms with E-state index in [0.717, 1.165) is 36.9 Å². The molecule has 3 unspecified atom stereocenters. The minimum absolute atomic E-state index is 0.0939. The van der Waals surface area contributed by atoms with Crippen LogP contribution in [0.1, 0.15) is 53.6 Å². The number of likely N-dealkylation sites (tertiary alicyclic amines) is 1. The van der Waals surface area contributed by atoms with Crippen LogP contribution in [0.2, 0.25) is 0 Å². The number of carboxylic acid groups (broad SMARTS) is 1. The van der Waals surface area contributed by atoms with Crippen molar-refractivity contribution in [2.24, 2.45) is 5.92 Å². The maximum Gasteiger partial charge on any atom is 0.335 e. The SMILES string of the molecule is COc1cc(CC(=O)C(Oc2ccc(C(=O)O)cc2)N2CCC3CCCCC32)ccc1NC(=O)Nc1ccccc1C. The summed E-state index contributed by atoms with van der Waals surface area (Å²) in [6.07, 6.45) is 4.90. The number of carboxylic acids is 1. The van der Waals surface area contributed by atoms with Crippen LogP contribution >= 0.6 is 0 Å². The number of hydrogen-bond donors (Lipinski definition) is 3. The summed E-state index contributed by atoms with van der Waals surface area (Å²) in [5, 5.41) is 14.9. The molecule has 2 fully saturated rings. The molecule has 9 nitrogen and oxygen atoms in total. The molecular formula is C33H37N3O6. The molecule has 2 amide bonds. The fraction of sp³-hybridized carbons (Fsp3) is 0.364. The van der Waals surface area contributed by atoms with Gasteiger partial charge in [0.2, 0.25) is 6.23 Å². The second-order valence-electron chi connectivity index (χ2n) is 11.0. The molecule has 3 N–H and O–H groups in total. The number of ketones is 1. The van der Waals surface area contributed by atoms with Crippen molar-refractivity contribution in [2.45, 2.75) is 57.7 Å². The lowest BCUT2D eigenvalue weighted by molar-refractivity contribution is -0.135. The number of hydrogen-bond acceptors (Lipinski definition) is 6. The Morgan fingerprint density at radius 2 is 1.69 bits per heavy atom. The highest BCUT2D eigenvalue weighted by atomic mass is 16.5. The van der Waals surface area contributed by atoms with Gasteiger partial charge in [-0.2, -0.15) is 0 Å². The van der Waals surface area contributed by atoms with Gasteiger partial charge < -0.3 is 25.2 Å². The predicted octanol–water partition coefficient (Wildman–Crippen LogP) is 6.13. The lowest BCUT2D eigenvalue weighted by Gasteiger charge is -2.36. The van der Waals surface area contributed by atoms with E-state index in [9.17, 15) is 19.5 Å². The smallest absolute Gasteiger partial charge is 0.335 e. The maximum atomic E-state index is 13.9. The Morgan fingerprint density at radius 3 is 2.43 bits per heavy atom. The highest BCUT2D eigenvalue weighted by Crippen LogP contribution is 2.38. The normalized spacial score (nSPS) is 18.9. The summed E-state index contributed by atoms with van der Waals surface area (Å²) in [6.45, 7) is 2.70. The summed E-state index contributed by atoms with van der Waals surface area (Å²) >= 11 is 0. The van der Waals surface area contributed by atoms with Crippen LogP contribution in [-0.2, 0) is 11.2 Å². The van der Waals surface area contributed by atoms with Crippen molar-refractivity contribution in [3.63, 3.8) is 0 Å². The number of fused-ring (bicyclic) bond motifs is 1. The number of aromatic carboxylic acids is 1. The Balaban J connectivity index is 1.32. The summed E-state index contributed by atoms with van der Waals surface area (Å²) in [6, 6.07) is 18.9. The number of Topliss-reactive ketones (excluding diaryl/α,β-unsaturated/α-hetero) is 1. The van der Waals surface area contributed by atoms with Crippen LogP contribution in [0, 0.1) is 12.8 Å². The first-order valence-electron chi connectivity index (χ1n) is 14.4. The van der Waals surface area contributed by atoms with E-state index >= 15 is 0 Å². The predicted molar refractivity (Wildman–Crippen MR) is 160 cm³/mol. The van der Waals surface area contributed by atoms with E-state index in [-0.39, 0.29) is 17.8 Å². The number of aryl methyl sites for hydroxylation is 1. The average Bonchev–Trinajstić information content (AvgIpc) is 3.42. The molecule has 220 valence electrons. The van der Waals surface area contributed by atoms with Gasteiger partial charge in [0.05, 0.1) is 18.4 Å². The number of methoxy groups -OCH3 is 1. The average molecular weight is 572 g/mol. The second kappa shape index (κ2) is 13.1. The number of amides is 2. The van der Waals surface area contributed by atoms with Gasteiger partial charge >= 0.3 is 12.0 Å². The van der Waals surface area contributed by atoms with Crippen LogP contribution in [0.25, 0.3) is 0 Å². The molecule has 1 heterocycles. The quantitative estimate of drug-likeness (QED) is 0.268. The zero-order valence-electron chi connectivity index (χ0n) is 24.0. The highest BCUT2D eigenvalue weighted by Gasteiger charge is 2.42. The molecule has 5 rings (SSSR count). The van der Waals surface area contributed by atoms with E-state index in [2.05, 4.69) is 15.5 Å². The molecule has 1 saturated heterocycles. The first-order chi connectivity index (χ1) is 20.3. The number of nitrogens with one attached hydrogen (secondary N) is 2. The number of carbonyl (C=O) groups is 3. The number of para-hydroxylation sites is 1. The topological polar surface area (TPSA) is 117 Å². The summed E-state index contributed by atoms with van der Waals surface area (Å²) in [5.41, 5.74) is 3.03. The standard InChI is InChI=1S/C33H37N3O6/c1-21-7-3-5-9-26(21)34-33(40)35-27-16-11-22(20-30(27)41-2)19-29(37)31(36-18-17-23-8-4-6-10-28(23)36)42-25-14-12-24(13-15-25)32(38)39/h3,5,7,9,11-16,20,23,28,31H,4,6,8,10,17-19H2,1-2H3,(H,38,39)(H2,34,35,40). The zero-order chi connectivity index (χ0) is 29.6. The third-order valence-electron chi connectivity index (χ3n) is 8.26. The molecule has 1 aliphatic carbocycles. The first kappa shape index (κ1) is 29.1. The van der Waals surface area contributed by atoms with Gasteiger partial charge in [0.25, 0.3) is 0 Å². The minimum Gasteiger partial charge on any atom is -0.495 e. The van der Waals surface area contributed by atoms with Crippen molar-refractivity contribution < 1.29 is 29.0 Å². The van der Waals surface area contributed by atoms with Crippen LogP contribution in [0.15, 0.2) is 66.7 Å². The van der Waals surface area contributed by atoms with Crippen molar-refractivity contribution in [3.05, 3.63) is 83.4 Å². The van der Waals surface area contributed by atoms with Gasteiger partial charge in [-0.25, -0.2) is 9.59 Å². The van der Waals surface area contributed by atoms with Gasteiger partial charge in [-0.1, -0.05) is 37.1 Å². The maximum absolute atomic E-state index is 13.9. The molecule has 1 aliphatic heterocycles. The third-order valence-corrected chi connectivity index (χ3v) is 8.26. The van der Waals surface area contributed by atoms with Gasteiger partial charge in [-0.3, -0.25) is 9.69 Å². The van der Waals surface area contributed by atoms with Gasteiger partial charge in [0.15, 0.2) is 5.78 Å². The Labute approximate surface area is 245 Å². The lowest BCUT2D eigenvalue weighted by Crippen LogP contribution is -2.50. The van der Waals surface area contributed by atoms with Gasteiger partial charge in [0.1, 0.15) is 11.5 Å². The second-order valence-corrected chi connectivity index (χ2v) is 11.0. The summed E-state index contributed by atoms with van der Waals surface area (Å²) in [5.74, 6) is 0.343.